The zero-order valence-corrected chi connectivity index (χ0v) is 28.1. The lowest BCUT2D eigenvalue weighted by Gasteiger charge is -2.22. The Morgan fingerprint density at radius 1 is 0.792 bits per heavy atom. The molecule has 0 aliphatic heterocycles. The molecule has 246 valence electrons. The Morgan fingerprint density at radius 3 is 2.23 bits per heavy atom. The second-order valence-corrected chi connectivity index (χ2v) is 13.4. The minimum atomic E-state index is -4.01. The van der Waals surface area contributed by atoms with E-state index in [0.29, 0.717) is 33.7 Å². The lowest BCUT2D eigenvalue weighted by molar-refractivity contribution is -0.136. The first-order valence-electron chi connectivity index (χ1n) is 14.3. The van der Waals surface area contributed by atoms with Crippen molar-refractivity contribution in [1.29, 1.82) is 0 Å². The number of sulfonamides is 1. The van der Waals surface area contributed by atoms with Crippen LogP contribution in [-0.2, 0) is 39.3 Å². The van der Waals surface area contributed by atoms with Gasteiger partial charge in [0, 0.05) is 17.3 Å². The van der Waals surface area contributed by atoms with Gasteiger partial charge in [0.15, 0.2) is 0 Å². The molecular formula is C34H27Cl3N4O6S. The molecule has 0 bridgehead atoms. The van der Waals surface area contributed by atoms with Gasteiger partial charge in [-0.2, -0.15) is 9.41 Å². The van der Waals surface area contributed by atoms with Gasteiger partial charge < -0.3 is 14.5 Å². The highest BCUT2D eigenvalue weighted by atomic mass is 35.5. The maximum Gasteiger partial charge on any atom is 0.329 e. The zero-order chi connectivity index (χ0) is 34.1. The minimum absolute atomic E-state index is 0.0358. The summed E-state index contributed by atoms with van der Waals surface area (Å²) in [4.78, 5) is 24.7. The summed E-state index contributed by atoms with van der Waals surface area (Å²) < 4.78 is 39.9. The third kappa shape index (κ3) is 9.46. The van der Waals surface area contributed by atoms with Gasteiger partial charge in [-0.25, -0.2) is 13.8 Å². The van der Waals surface area contributed by atoms with Crippen molar-refractivity contribution in [2.45, 2.75) is 24.6 Å². The molecule has 0 saturated carbocycles. The molecule has 0 fully saturated rings. The fraction of sp³-hybridized carbons (Fsp3) is 0.0882. The van der Waals surface area contributed by atoms with Crippen molar-refractivity contribution in [3.63, 3.8) is 0 Å². The van der Waals surface area contributed by atoms with Crippen LogP contribution < -0.4 is 15.5 Å². The molecule has 1 heterocycles. The molecule has 5 aromatic rings. The maximum absolute atomic E-state index is 13.6. The summed E-state index contributed by atoms with van der Waals surface area (Å²) in [7, 11) is -4.01. The molecule has 14 heteroatoms. The van der Waals surface area contributed by atoms with Crippen molar-refractivity contribution in [1.82, 2.24) is 9.73 Å². The molecule has 48 heavy (non-hydrogen) atoms. The summed E-state index contributed by atoms with van der Waals surface area (Å²) >= 11 is 18.2. The van der Waals surface area contributed by atoms with Crippen LogP contribution in [0, 0.1) is 0 Å². The second kappa shape index (κ2) is 16.0. The highest BCUT2D eigenvalue weighted by molar-refractivity contribution is 7.89. The normalized spacial score (nSPS) is 11.5. The van der Waals surface area contributed by atoms with Crippen molar-refractivity contribution >= 4 is 68.5 Å². The predicted octanol–water partition coefficient (Wildman–Crippen LogP) is 7.30. The quantitative estimate of drug-likeness (QED) is 0.0789. The number of hydrazone groups is 1. The smallest absolute Gasteiger partial charge is 0.329 e. The summed E-state index contributed by atoms with van der Waals surface area (Å²) in [6.07, 6.45) is 1.19. The van der Waals surface area contributed by atoms with Crippen LogP contribution in [0.1, 0.15) is 22.6 Å². The van der Waals surface area contributed by atoms with Gasteiger partial charge in [-0.15, -0.1) is 0 Å². The van der Waals surface area contributed by atoms with Crippen LogP contribution in [0.5, 0.6) is 5.75 Å². The molecule has 0 aliphatic rings. The van der Waals surface area contributed by atoms with Gasteiger partial charge >= 0.3 is 11.8 Å². The van der Waals surface area contributed by atoms with E-state index in [2.05, 4.69) is 15.8 Å². The lowest BCUT2D eigenvalue weighted by atomic mass is 10.2. The number of nitrogens with zero attached hydrogens (tertiary/aromatic N) is 2. The van der Waals surface area contributed by atoms with Crippen molar-refractivity contribution in [2.24, 2.45) is 5.10 Å². The first kappa shape index (κ1) is 34.7. The molecule has 10 nitrogen and oxygen atoms in total. The van der Waals surface area contributed by atoms with Crippen molar-refractivity contribution < 1.29 is 27.2 Å². The summed E-state index contributed by atoms with van der Waals surface area (Å²) in [6, 6.07) is 30.0. The second-order valence-electron chi connectivity index (χ2n) is 10.2. The number of ether oxygens (including phenoxy) is 1. The van der Waals surface area contributed by atoms with Gasteiger partial charge in [0.2, 0.25) is 10.0 Å². The Hall–Kier alpha value is -4.65. The van der Waals surface area contributed by atoms with Crippen molar-refractivity contribution in [3.05, 3.63) is 147 Å². The topological polar surface area (TPSA) is 130 Å². The maximum atomic E-state index is 13.6. The van der Waals surface area contributed by atoms with Crippen LogP contribution in [-0.4, -0.2) is 30.8 Å². The Kier molecular flexibility index (Phi) is 11.5. The van der Waals surface area contributed by atoms with E-state index in [1.807, 2.05) is 30.3 Å². The largest absolute Gasteiger partial charge is 0.489 e. The lowest BCUT2D eigenvalue weighted by Crippen LogP contribution is -2.32. The molecule has 0 saturated heterocycles. The average molecular weight is 726 g/mol. The fourth-order valence-corrected chi connectivity index (χ4v) is 6.16. The molecular weight excluding hydrogens is 699 g/mol. The number of carbonyl (C=O) groups excluding carboxylic acids is 2. The molecule has 1 aromatic heterocycles. The first-order chi connectivity index (χ1) is 23.1. The number of hydrogen-bond donors (Lipinski definition) is 2. The van der Waals surface area contributed by atoms with Gasteiger partial charge in [0.25, 0.3) is 0 Å². The van der Waals surface area contributed by atoms with E-state index in [1.165, 1.54) is 34.8 Å². The van der Waals surface area contributed by atoms with E-state index in [4.69, 9.17) is 44.0 Å². The summed E-state index contributed by atoms with van der Waals surface area (Å²) in [5.41, 5.74) is 4.14. The number of rotatable bonds is 12. The Balaban J connectivity index is 1.18. The highest BCUT2D eigenvalue weighted by Gasteiger charge is 2.26. The van der Waals surface area contributed by atoms with E-state index in [0.717, 1.165) is 5.56 Å². The van der Waals surface area contributed by atoms with Crippen LogP contribution in [0.15, 0.2) is 124 Å². The molecule has 0 aliphatic carbocycles. The molecule has 2 N–H and O–H groups in total. The van der Waals surface area contributed by atoms with Gasteiger partial charge in [-0.1, -0.05) is 71.2 Å². The standard InChI is InChI=1S/C34H27Cl3N4O6S/c35-25-7-15-30(16-8-25)48(44,45)41(20-24-6-17-31(36)32(37)18-24)21-29-14-13-28(47-29)19-38-40-34(43)33(42)39-26-9-11-27(12-10-26)46-22-23-4-2-1-3-5-23/h1-19H,20-22H2,(H,39,42)(H,40,43)/b38-19+. The van der Waals surface area contributed by atoms with E-state index in [1.54, 1.807) is 54.6 Å². The Morgan fingerprint density at radius 2 is 1.52 bits per heavy atom. The third-order valence-corrected chi connectivity index (χ3v) is 9.53. The van der Waals surface area contributed by atoms with Crippen LogP contribution in [0.2, 0.25) is 15.1 Å². The van der Waals surface area contributed by atoms with Gasteiger partial charge in [0.05, 0.1) is 27.7 Å². The number of nitrogens with one attached hydrogen (secondary N) is 2. The third-order valence-electron chi connectivity index (χ3n) is 6.73. The molecule has 5 rings (SSSR count). The Bertz CT molecular complexity index is 2020. The van der Waals surface area contributed by atoms with Crippen LogP contribution in [0.25, 0.3) is 0 Å². The van der Waals surface area contributed by atoms with E-state index >= 15 is 0 Å². The minimum Gasteiger partial charge on any atom is -0.489 e. The number of hydrogen-bond acceptors (Lipinski definition) is 7. The predicted molar refractivity (Wildman–Crippen MR) is 185 cm³/mol. The zero-order valence-electron chi connectivity index (χ0n) is 25.0. The highest BCUT2D eigenvalue weighted by Crippen LogP contribution is 2.27. The number of amides is 2. The number of benzene rings is 4. The van der Waals surface area contributed by atoms with Crippen LogP contribution >= 0.6 is 34.8 Å². The van der Waals surface area contributed by atoms with Crippen molar-refractivity contribution in [3.8, 4) is 5.75 Å². The summed E-state index contributed by atoms with van der Waals surface area (Å²) in [5, 5.41) is 7.28. The molecule has 0 radical (unpaired) electrons. The van der Waals surface area contributed by atoms with E-state index in [9.17, 15) is 18.0 Å². The van der Waals surface area contributed by atoms with Gasteiger partial charge in [-0.3, -0.25) is 9.59 Å². The summed E-state index contributed by atoms with van der Waals surface area (Å²) in [6.45, 7) is 0.202. The number of furan rings is 1. The number of carbonyl (C=O) groups is 2. The van der Waals surface area contributed by atoms with E-state index in [-0.39, 0.29) is 34.5 Å². The Labute approximate surface area is 291 Å². The number of halogens is 3. The molecule has 0 atom stereocenters. The molecule has 4 aromatic carbocycles. The molecule has 2 amide bonds. The van der Waals surface area contributed by atoms with Crippen molar-refractivity contribution in [2.75, 3.05) is 5.32 Å². The average Bonchev–Trinajstić information content (AvgIpc) is 3.53. The number of anilines is 1. The molecule has 0 spiro atoms. The SMILES string of the molecule is O=C(N/N=C/c1ccc(CN(Cc2ccc(Cl)c(Cl)c2)S(=O)(=O)c2ccc(Cl)cc2)o1)C(=O)Nc1ccc(OCc2ccccc2)cc1. The monoisotopic (exact) mass is 724 g/mol. The summed E-state index contributed by atoms with van der Waals surface area (Å²) in [5.74, 6) is -0.854. The van der Waals surface area contributed by atoms with Gasteiger partial charge in [0.1, 0.15) is 23.9 Å². The first-order valence-corrected chi connectivity index (χ1v) is 16.8. The van der Waals surface area contributed by atoms with E-state index < -0.39 is 21.8 Å². The molecule has 0 unspecified atom stereocenters. The van der Waals surface area contributed by atoms with Crippen LogP contribution in [0.4, 0.5) is 5.69 Å². The van der Waals surface area contributed by atoms with Crippen LogP contribution in [0.3, 0.4) is 0 Å². The van der Waals surface area contributed by atoms with Gasteiger partial charge in [-0.05, 0) is 83.9 Å². The fourth-order valence-electron chi connectivity index (χ4n) is 4.31.